The minimum Gasteiger partial charge on any atom is -0.464 e. The molecular formula is C12H17Cl2NO2. The molecule has 0 aliphatic rings. The summed E-state index contributed by atoms with van der Waals surface area (Å²) in [5.41, 5.74) is 2.32. The Labute approximate surface area is 112 Å². The molecule has 96 valence electrons. The number of rotatable bonds is 6. The second-order valence-electron chi connectivity index (χ2n) is 3.94. The van der Waals surface area contributed by atoms with Crippen LogP contribution in [0.15, 0.2) is 12.1 Å². The van der Waals surface area contributed by atoms with Crippen LogP contribution in [-0.2, 0) is 16.1 Å². The number of alkyl halides is 2. The van der Waals surface area contributed by atoms with E-state index in [-0.39, 0.29) is 23.6 Å². The Kier molecular flexibility index (Phi) is 5.86. The van der Waals surface area contributed by atoms with E-state index < -0.39 is 0 Å². The van der Waals surface area contributed by atoms with Crippen LogP contribution in [0, 0.1) is 13.8 Å². The number of ether oxygens (including phenoxy) is 1. The lowest BCUT2D eigenvalue weighted by Crippen LogP contribution is -2.16. The van der Waals surface area contributed by atoms with E-state index in [1.54, 1.807) is 0 Å². The van der Waals surface area contributed by atoms with Crippen LogP contribution in [0.3, 0.4) is 0 Å². The van der Waals surface area contributed by atoms with E-state index in [1.807, 2.05) is 26.0 Å². The molecule has 0 bridgehead atoms. The molecule has 0 saturated heterocycles. The summed E-state index contributed by atoms with van der Waals surface area (Å²) in [5.74, 6) is -0.0416. The fourth-order valence-electron chi connectivity index (χ4n) is 1.60. The Hall–Kier alpha value is -0.670. The Bertz CT molecular complexity index is 357. The molecule has 0 aliphatic carbocycles. The van der Waals surface area contributed by atoms with Gasteiger partial charge in [-0.05, 0) is 26.0 Å². The van der Waals surface area contributed by atoms with Gasteiger partial charge in [-0.2, -0.15) is 0 Å². The van der Waals surface area contributed by atoms with E-state index in [1.165, 1.54) is 0 Å². The predicted octanol–water partition coefficient (Wildman–Crippen LogP) is 2.88. The molecule has 0 amide bonds. The minimum atomic E-state index is -0.348. The summed E-state index contributed by atoms with van der Waals surface area (Å²) in [6, 6.07) is 4.08. The number of halogens is 2. The van der Waals surface area contributed by atoms with Crippen LogP contribution in [0.2, 0.25) is 0 Å². The number of aryl methyl sites for hydroxylation is 2. The number of aromatic nitrogens is 1. The summed E-state index contributed by atoms with van der Waals surface area (Å²) in [7, 11) is 0. The van der Waals surface area contributed by atoms with E-state index in [4.69, 9.17) is 27.9 Å². The molecule has 0 saturated carbocycles. The molecule has 1 rings (SSSR count). The highest BCUT2D eigenvalue weighted by Gasteiger charge is 2.11. The molecule has 0 aromatic carbocycles. The van der Waals surface area contributed by atoms with Gasteiger partial charge in [0.05, 0.1) is 18.3 Å². The second kappa shape index (κ2) is 6.92. The van der Waals surface area contributed by atoms with Crippen LogP contribution in [0.25, 0.3) is 0 Å². The second-order valence-corrected chi connectivity index (χ2v) is 4.87. The van der Waals surface area contributed by atoms with Crippen molar-refractivity contribution in [2.45, 2.75) is 32.2 Å². The monoisotopic (exact) mass is 277 g/mol. The zero-order chi connectivity index (χ0) is 12.8. The summed E-state index contributed by atoms with van der Waals surface area (Å²) >= 11 is 11.3. The molecular weight excluding hydrogens is 261 g/mol. The number of carbonyl (C=O) groups is 1. The van der Waals surface area contributed by atoms with E-state index in [0.29, 0.717) is 13.2 Å². The fraction of sp³-hybridized carbons (Fsp3) is 0.583. The van der Waals surface area contributed by atoms with Crippen molar-refractivity contribution in [2.75, 3.05) is 12.5 Å². The van der Waals surface area contributed by atoms with E-state index in [9.17, 15) is 4.79 Å². The van der Waals surface area contributed by atoms with Crippen molar-refractivity contribution in [3.05, 3.63) is 23.5 Å². The molecule has 5 heteroatoms. The van der Waals surface area contributed by atoms with E-state index in [2.05, 4.69) is 4.57 Å². The zero-order valence-electron chi connectivity index (χ0n) is 10.1. The van der Waals surface area contributed by atoms with Gasteiger partial charge in [-0.15, -0.1) is 23.2 Å². The van der Waals surface area contributed by atoms with Gasteiger partial charge in [0.1, 0.15) is 6.61 Å². The Balaban J connectivity index is 2.31. The molecule has 1 aromatic heterocycles. The smallest absolute Gasteiger partial charge is 0.307 e. The van der Waals surface area contributed by atoms with Gasteiger partial charge in [0.2, 0.25) is 0 Å². The molecule has 0 N–H and O–H groups in total. The van der Waals surface area contributed by atoms with Gasteiger partial charge < -0.3 is 9.30 Å². The molecule has 0 aliphatic heterocycles. The number of nitrogens with zero attached hydrogens (tertiary/aromatic N) is 1. The molecule has 3 nitrogen and oxygen atoms in total. The van der Waals surface area contributed by atoms with Gasteiger partial charge in [0.25, 0.3) is 0 Å². The van der Waals surface area contributed by atoms with Gasteiger partial charge in [-0.3, -0.25) is 4.79 Å². The molecule has 0 spiro atoms. The summed E-state index contributed by atoms with van der Waals surface area (Å²) in [5, 5.41) is -0.348. The third-order valence-electron chi connectivity index (χ3n) is 2.55. The molecule has 0 fully saturated rings. The normalized spacial score (nSPS) is 12.5. The zero-order valence-corrected chi connectivity index (χ0v) is 11.6. The molecule has 17 heavy (non-hydrogen) atoms. The van der Waals surface area contributed by atoms with Crippen LogP contribution >= 0.6 is 23.2 Å². The van der Waals surface area contributed by atoms with Crippen LogP contribution in [0.1, 0.15) is 17.8 Å². The van der Waals surface area contributed by atoms with Crippen molar-refractivity contribution in [3.8, 4) is 0 Å². The predicted molar refractivity (Wildman–Crippen MR) is 69.8 cm³/mol. The summed E-state index contributed by atoms with van der Waals surface area (Å²) in [6.45, 7) is 5.08. The van der Waals surface area contributed by atoms with Crippen molar-refractivity contribution >= 4 is 29.2 Å². The number of esters is 1. The standard InChI is InChI=1S/C12H17Cl2NO2/c1-9-3-4-10(2)15(9)5-6-17-12(16)7-11(14)8-13/h3-4,11H,5-8H2,1-2H3. The lowest BCUT2D eigenvalue weighted by Gasteiger charge is -2.10. The highest BCUT2D eigenvalue weighted by atomic mass is 35.5. The number of carbonyl (C=O) groups excluding carboxylic acids is 1. The average Bonchev–Trinajstić information content (AvgIpc) is 2.60. The summed E-state index contributed by atoms with van der Waals surface area (Å²) in [6.07, 6.45) is 0.161. The summed E-state index contributed by atoms with van der Waals surface area (Å²) in [4.78, 5) is 11.3. The minimum absolute atomic E-state index is 0.161. The van der Waals surface area contributed by atoms with Crippen molar-refractivity contribution in [2.24, 2.45) is 0 Å². The molecule has 1 unspecified atom stereocenters. The maximum atomic E-state index is 11.3. The van der Waals surface area contributed by atoms with Crippen LogP contribution in [0.5, 0.6) is 0 Å². The van der Waals surface area contributed by atoms with Gasteiger partial charge in [0, 0.05) is 17.3 Å². The number of hydrogen-bond acceptors (Lipinski definition) is 2. The third kappa shape index (κ3) is 4.60. The Morgan fingerprint density at radius 2 is 2.00 bits per heavy atom. The molecule has 1 aromatic rings. The van der Waals surface area contributed by atoms with Crippen molar-refractivity contribution in [1.29, 1.82) is 0 Å². The SMILES string of the molecule is Cc1ccc(C)n1CCOC(=O)CC(Cl)CCl. The van der Waals surface area contributed by atoms with Crippen LogP contribution in [-0.4, -0.2) is 28.4 Å². The van der Waals surface area contributed by atoms with Crippen molar-refractivity contribution in [3.63, 3.8) is 0 Å². The Morgan fingerprint density at radius 3 is 2.53 bits per heavy atom. The maximum absolute atomic E-state index is 11.3. The van der Waals surface area contributed by atoms with Crippen molar-refractivity contribution < 1.29 is 9.53 Å². The first-order valence-electron chi connectivity index (χ1n) is 5.53. The van der Waals surface area contributed by atoms with Gasteiger partial charge in [-0.1, -0.05) is 0 Å². The lowest BCUT2D eigenvalue weighted by molar-refractivity contribution is -0.143. The highest BCUT2D eigenvalue weighted by molar-refractivity contribution is 6.28. The number of hydrogen-bond donors (Lipinski definition) is 0. The quantitative estimate of drug-likeness (QED) is 0.592. The van der Waals surface area contributed by atoms with Crippen molar-refractivity contribution in [1.82, 2.24) is 4.57 Å². The van der Waals surface area contributed by atoms with Gasteiger partial charge in [0.15, 0.2) is 0 Å². The first-order chi connectivity index (χ1) is 8.04. The van der Waals surface area contributed by atoms with Crippen LogP contribution in [0.4, 0.5) is 0 Å². The van der Waals surface area contributed by atoms with Gasteiger partial charge in [-0.25, -0.2) is 0 Å². The average molecular weight is 278 g/mol. The molecule has 1 heterocycles. The maximum Gasteiger partial charge on any atom is 0.307 e. The lowest BCUT2D eigenvalue weighted by atomic mass is 10.3. The van der Waals surface area contributed by atoms with E-state index in [0.717, 1.165) is 11.4 Å². The first kappa shape index (κ1) is 14.4. The highest BCUT2D eigenvalue weighted by Crippen LogP contribution is 2.08. The van der Waals surface area contributed by atoms with Gasteiger partial charge >= 0.3 is 5.97 Å². The van der Waals surface area contributed by atoms with E-state index >= 15 is 0 Å². The molecule has 1 atom stereocenters. The fourth-order valence-corrected chi connectivity index (χ4v) is 1.83. The molecule has 0 radical (unpaired) electrons. The summed E-state index contributed by atoms with van der Waals surface area (Å²) < 4.78 is 7.20. The largest absolute Gasteiger partial charge is 0.464 e. The van der Waals surface area contributed by atoms with Crippen LogP contribution < -0.4 is 0 Å². The topological polar surface area (TPSA) is 31.2 Å². The first-order valence-corrected chi connectivity index (χ1v) is 6.50. The Morgan fingerprint density at radius 1 is 1.41 bits per heavy atom. The third-order valence-corrected chi connectivity index (χ3v) is 3.39.